The third kappa shape index (κ3) is 3.84. The van der Waals surface area contributed by atoms with Gasteiger partial charge in [-0.15, -0.1) is 0 Å². The molecule has 0 aromatic heterocycles. The second-order valence-corrected chi connectivity index (χ2v) is 6.54. The second-order valence-electron chi connectivity index (χ2n) is 6.54. The summed E-state index contributed by atoms with van der Waals surface area (Å²) in [5.74, 6) is -0.578. The Morgan fingerprint density at radius 3 is 2.37 bits per heavy atom. The number of nitrogens with zero attached hydrogens (tertiary/aromatic N) is 1. The number of hydrogen-bond donors (Lipinski definition) is 0. The zero-order chi connectivity index (χ0) is 19.6. The Bertz CT molecular complexity index is 919. The smallest absolute Gasteiger partial charge is 0.307 e. The predicted octanol–water partition coefficient (Wildman–Crippen LogP) is 3.04. The molecule has 2 aromatic rings. The molecule has 1 heterocycles. The molecule has 6 heteroatoms. The molecule has 1 aliphatic rings. The molecule has 2 aromatic carbocycles. The van der Waals surface area contributed by atoms with Crippen LogP contribution in [0.3, 0.4) is 0 Å². The average Bonchev–Trinajstić information content (AvgIpc) is 2.88. The summed E-state index contributed by atoms with van der Waals surface area (Å²) in [4.78, 5) is 38.0. The average molecular weight is 367 g/mol. The molecule has 0 atom stereocenters. The van der Waals surface area contributed by atoms with Crippen molar-refractivity contribution in [3.8, 4) is 5.75 Å². The molecule has 27 heavy (non-hydrogen) atoms. The van der Waals surface area contributed by atoms with Crippen LogP contribution >= 0.6 is 0 Å². The fourth-order valence-electron chi connectivity index (χ4n) is 3.06. The van der Waals surface area contributed by atoms with Crippen LogP contribution in [0.4, 0.5) is 0 Å². The van der Waals surface area contributed by atoms with E-state index >= 15 is 0 Å². The van der Waals surface area contributed by atoms with Crippen LogP contribution in [0.25, 0.3) is 0 Å². The number of ether oxygens (including phenoxy) is 2. The number of methoxy groups -OCH3 is 1. The molecule has 6 nitrogen and oxygen atoms in total. The minimum atomic E-state index is -0.480. The lowest BCUT2D eigenvalue weighted by molar-refractivity contribution is -0.145. The molecule has 0 saturated carbocycles. The SMILES string of the molecule is COc1ccc(C)cc1COC(=O)CCN1C(=O)c2ccc(C)cc2C1=O. The molecule has 0 saturated heterocycles. The molecule has 3 rings (SSSR count). The van der Waals surface area contributed by atoms with Crippen molar-refractivity contribution in [1.29, 1.82) is 0 Å². The number of esters is 1. The van der Waals surface area contributed by atoms with Gasteiger partial charge in [-0.2, -0.15) is 0 Å². The molecule has 0 unspecified atom stereocenters. The minimum absolute atomic E-state index is 0.00478. The minimum Gasteiger partial charge on any atom is -0.496 e. The first-order valence-electron chi connectivity index (χ1n) is 8.66. The molecule has 0 spiro atoms. The highest BCUT2D eigenvalue weighted by Crippen LogP contribution is 2.24. The van der Waals surface area contributed by atoms with E-state index in [4.69, 9.17) is 9.47 Å². The van der Waals surface area contributed by atoms with Crippen LogP contribution in [0.15, 0.2) is 36.4 Å². The predicted molar refractivity (Wildman–Crippen MR) is 98.7 cm³/mol. The first-order valence-corrected chi connectivity index (χ1v) is 8.66. The lowest BCUT2D eigenvalue weighted by Gasteiger charge is -2.14. The van der Waals surface area contributed by atoms with Crippen molar-refractivity contribution in [3.05, 3.63) is 64.2 Å². The van der Waals surface area contributed by atoms with Crippen LogP contribution in [0.5, 0.6) is 5.75 Å². The zero-order valence-corrected chi connectivity index (χ0v) is 15.6. The van der Waals surface area contributed by atoms with Crippen molar-refractivity contribution in [3.63, 3.8) is 0 Å². The standard InChI is InChI=1S/C21H21NO5/c1-13-5-7-18(26-3)15(10-13)12-27-19(23)8-9-22-20(24)16-6-4-14(2)11-17(16)21(22)25/h4-7,10-11H,8-9,12H2,1-3H3. The molecule has 0 N–H and O–H groups in total. The van der Waals surface area contributed by atoms with Crippen LogP contribution < -0.4 is 4.74 Å². The molecular weight excluding hydrogens is 346 g/mol. The Balaban J connectivity index is 1.58. The van der Waals surface area contributed by atoms with Crippen LogP contribution in [-0.2, 0) is 16.1 Å². The van der Waals surface area contributed by atoms with Crippen molar-refractivity contribution in [1.82, 2.24) is 4.90 Å². The van der Waals surface area contributed by atoms with Gasteiger partial charge in [-0.1, -0.05) is 23.3 Å². The number of aryl methyl sites for hydroxylation is 2. The van der Waals surface area contributed by atoms with Gasteiger partial charge >= 0.3 is 5.97 Å². The number of rotatable bonds is 6. The van der Waals surface area contributed by atoms with Gasteiger partial charge in [0.2, 0.25) is 0 Å². The van der Waals surface area contributed by atoms with Crippen LogP contribution in [0.2, 0.25) is 0 Å². The normalized spacial score (nSPS) is 12.9. The van der Waals surface area contributed by atoms with E-state index in [1.165, 1.54) is 0 Å². The van der Waals surface area contributed by atoms with Crippen LogP contribution in [0, 0.1) is 13.8 Å². The first-order chi connectivity index (χ1) is 12.9. The third-order valence-corrected chi connectivity index (χ3v) is 4.49. The third-order valence-electron chi connectivity index (χ3n) is 4.49. The van der Waals surface area contributed by atoms with E-state index in [-0.39, 0.29) is 31.4 Å². The molecule has 1 aliphatic heterocycles. The summed E-state index contributed by atoms with van der Waals surface area (Å²) in [5.41, 5.74) is 3.47. The van der Waals surface area contributed by atoms with Gasteiger partial charge in [0.1, 0.15) is 12.4 Å². The maximum atomic E-state index is 12.4. The van der Waals surface area contributed by atoms with Gasteiger partial charge in [-0.3, -0.25) is 19.3 Å². The van der Waals surface area contributed by atoms with Crippen LogP contribution in [0.1, 0.15) is 43.8 Å². The zero-order valence-electron chi connectivity index (χ0n) is 15.6. The molecule has 140 valence electrons. The van der Waals surface area contributed by atoms with Gasteiger partial charge in [0, 0.05) is 12.1 Å². The van der Waals surface area contributed by atoms with E-state index < -0.39 is 5.97 Å². The fourth-order valence-corrected chi connectivity index (χ4v) is 3.06. The Morgan fingerprint density at radius 2 is 1.63 bits per heavy atom. The topological polar surface area (TPSA) is 72.9 Å². The van der Waals surface area contributed by atoms with Crippen molar-refractivity contribution in [2.75, 3.05) is 13.7 Å². The molecule has 0 radical (unpaired) electrons. The summed E-state index contributed by atoms with van der Waals surface area (Å²) in [5, 5.41) is 0. The van der Waals surface area contributed by atoms with Crippen LogP contribution in [-0.4, -0.2) is 36.3 Å². The number of imide groups is 1. The Kier molecular flexibility index (Phi) is 5.26. The van der Waals surface area contributed by atoms with Gasteiger partial charge in [-0.25, -0.2) is 0 Å². The largest absolute Gasteiger partial charge is 0.496 e. The summed E-state index contributed by atoms with van der Waals surface area (Å²) in [7, 11) is 1.56. The highest BCUT2D eigenvalue weighted by atomic mass is 16.5. The maximum absolute atomic E-state index is 12.4. The number of hydrogen-bond acceptors (Lipinski definition) is 5. The Hall–Kier alpha value is -3.15. The fraction of sp³-hybridized carbons (Fsp3) is 0.286. The van der Waals surface area contributed by atoms with Gasteiger partial charge in [-0.05, 0) is 38.1 Å². The maximum Gasteiger partial charge on any atom is 0.307 e. The van der Waals surface area contributed by atoms with Gasteiger partial charge in [0.25, 0.3) is 11.8 Å². The highest BCUT2D eigenvalue weighted by molar-refractivity contribution is 6.21. The molecule has 0 fully saturated rings. The summed E-state index contributed by atoms with van der Waals surface area (Å²) in [6, 6.07) is 10.7. The van der Waals surface area contributed by atoms with E-state index in [1.54, 1.807) is 25.3 Å². The van der Waals surface area contributed by atoms with E-state index in [0.717, 1.165) is 21.6 Å². The Morgan fingerprint density at radius 1 is 0.963 bits per heavy atom. The van der Waals surface area contributed by atoms with Gasteiger partial charge in [0.05, 0.1) is 24.7 Å². The molecule has 0 aliphatic carbocycles. The Labute approximate surface area is 157 Å². The monoisotopic (exact) mass is 367 g/mol. The lowest BCUT2D eigenvalue weighted by Crippen LogP contribution is -2.32. The summed E-state index contributed by atoms with van der Waals surface area (Å²) in [6.07, 6.45) is -0.0570. The first kappa shape index (κ1) is 18.6. The highest BCUT2D eigenvalue weighted by Gasteiger charge is 2.35. The van der Waals surface area contributed by atoms with Gasteiger partial charge < -0.3 is 9.47 Å². The van der Waals surface area contributed by atoms with Crippen molar-refractivity contribution < 1.29 is 23.9 Å². The van der Waals surface area contributed by atoms with E-state index in [0.29, 0.717) is 16.9 Å². The lowest BCUT2D eigenvalue weighted by atomic mass is 10.1. The second kappa shape index (κ2) is 7.61. The van der Waals surface area contributed by atoms with Crippen molar-refractivity contribution in [2.24, 2.45) is 0 Å². The number of amides is 2. The number of carbonyl (C=O) groups is 3. The molecular formula is C21H21NO5. The van der Waals surface area contributed by atoms with E-state index in [9.17, 15) is 14.4 Å². The summed E-state index contributed by atoms with van der Waals surface area (Å²) < 4.78 is 10.5. The van der Waals surface area contributed by atoms with E-state index in [1.807, 2.05) is 32.0 Å². The summed E-state index contributed by atoms with van der Waals surface area (Å²) in [6.45, 7) is 3.87. The van der Waals surface area contributed by atoms with E-state index in [2.05, 4.69) is 0 Å². The number of benzene rings is 2. The van der Waals surface area contributed by atoms with Crippen molar-refractivity contribution in [2.45, 2.75) is 26.9 Å². The number of fused-ring (bicyclic) bond motifs is 1. The quantitative estimate of drug-likeness (QED) is 0.580. The van der Waals surface area contributed by atoms with Gasteiger partial charge in [0.15, 0.2) is 0 Å². The number of carbonyl (C=O) groups excluding carboxylic acids is 3. The van der Waals surface area contributed by atoms with Crippen molar-refractivity contribution >= 4 is 17.8 Å². The summed E-state index contributed by atoms with van der Waals surface area (Å²) >= 11 is 0. The molecule has 0 bridgehead atoms. The molecule has 2 amide bonds.